The summed E-state index contributed by atoms with van der Waals surface area (Å²) in [5.41, 5.74) is 8.64. The van der Waals surface area contributed by atoms with E-state index in [1.54, 1.807) is 10.8 Å². The lowest BCUT2D eigenvalue weighted by molar-refractivity contribution is 0.688. The molecule has 1 aromatic carbocycles. The Kier molecular flexibility index (Phi) is 4.69. The van der Waals surface area contributed by atoms with E-state index >= 15 is 0 Å². The maximum absolute atomic E-state index is 4.79. The normalized spacial score (nSPS) is 13.4. The van der Waals surface area contributed by atoms with Gasteiger partial charge in [0.2, 0.25) is 0 Å². The Balaban J connectivity index is 1.45. The van der Waals surface area contributed by atoms with Gasteiger partial charge in [-0.25, -0.2) is 0 Å². The topological polar surface area (TPSA) is 74.5 Å². The molecule has 0 bridgehead atoms. The Bertz CT molecular complexity index is 1260. The number of nitrogens with zero attached hydrogens (tertiary/aromatic N) is 7. The van der Waals surface area contributed by atoms with E-state index in [0.29, 0.717) is 0 Å². The number of aromatic nitrogens is 5. The van der Waals surface area contributed by atoms with Crippen molar-refractivity contribution in [2.75, 3.05) is 35.8 Å². The molecule has 8 heteroatoms. The average molecular weight is 415 g/mol. The summed E-state index contributed by atoms with van der Waals surface area (Å²) in [5, 5.41) is 16.5. The molecule has 8 nitrogen and oxygen atoms in total. The standard InChI is InChI=1S/C23H26N8/c1-15-16(2)23(28-31-14-25-27-22(15)31)30-10-9-19-17(13-30)11-18(12-24-19)26-20-7-5-6-8-21(20)29(3)4/h5-8,11-12,14,26H,9-10,13H2,1-4H3. The second kappa shape index (κ2) is 7.54. The van der Waals surface area contributed by atoms with Crippen molar-refractivity contribution in [3.63, 3.8) is 0 Å². The molecule has 0 atom stereocenters. The first-order valence-corrected chi connectivity index (χ1v) is 10.4. The number of hydrogen-bond acceptors (Lipinski definition) is 7. The molecule has 0 fully saturated rings. The van der Waals surface area contributed by atoms with Crippen LogP contribution in [-0.4, -0.2) is 45.4 Å². The predicted molar refractivity (Wildman–Crippen MR) is 123 cm³/mol. The first-order valence-electron chi connectivity index (χ1n) is 10.4. The Labute approximate surface area is 181 Å². The Hall–Kier alpha value is -3.68. The molecule has 0 aliphatic carbocycles. The lowest BCUT2D eigenvalue weighted by atomic mass is 10.0. The molecule has 158 valence electrons. The summed E-state index contributed by atoms with van der Waals surface area (Å²) in [5.74, 6) is 0.978. The molecule has 1 aliphatic heterocycles. The van der Waals surface area contributed by atoms with Crippen LogP contribution in [0.3, 0.4) is 0 Å². The van der Waals surface area contributed by atoms with Crippen molar-refractivity contribution < 1.29 is 0 Å². The number of nitrogens with one attached hydrogen (secondary N) is 1. The smallest absolute Gasteiger partial charge is 0.180 e. The first kappa shape index (κ1) is 19.3. The maximum atomic E-state index is 4.79. The van der Waals surface area contributed by atoms with Crippen molar-refractivity contribution >= 4 is 28.5 Å². The molecule has 31 heavy (non-hydrogen) atoms. The zero-order chi connectivity index (χ0) is 21.5. The lowest BCUT2D eigenvalue weighted by Gasteiger charge is -2.31. The van der Waals surface area contributed by atoms with Crippen LogP contribution < -0.4 is 15.1 Å². The first-order chi connectivity index (χ1) is 15.0. The Morgan fingerprint density at radius 3 is 2.77 bits per heavy atom. The molecule has 0 spiro atoms. The van der Waals surface area contributed by atoms with E-state index in [0.717, 1.165) is 64.9 Å². The van der Waals surface area contributed by atoms with E-state index in [-0.39, 0.29) is 0 Å². The summed E-state index contributed by atoms with van der Waals surface area (Å²) >= 11 is 0. The number of rotatable bonds is 4. The Morgan fingerprint density at radius 2 is 1.94 bits per heavy atom. The van der Waals surface area contributed by atoms with Gasteiger partial charge in [0.1, 0.15) is 6.33 Å². The number of para-hydroxylation sites is 2. The third-order valence-electron chi connectivity index (χ3n) is 5.97. The van der Waals surface area contributed by atoms with Crippen molar-refractivity contribution in [3.05, 3.63) is 65.2 Å². The fourth-order valence-electron chi connectivity index (χ4n) is 4.16. The average Bonchev–Trinajstić information content (AvgIpc) is 3.25. The van der Waals surface area contributed by atoms with Crippen LogP contribution in [0.5, 0.6) is 0 Å². The molecule has 0 saturated heterocycles. The highest BCUT2D eigenvalue weighted by Crippen LogP contribution is 2.31. The van der Waals surface area contributed by atoms with E-state index in [1.807, 2.05) is 32.4 Å². The van der Waals surface area contributed by atoms with Crippen molar-refractivity contribution in [2.24, 2.45) is 0 Å². The molecular weight excluding hydrogens is 388 g/mol. The van der Waals surface area contributed by atoms with Crippen LogP contribution in [-0.2, 0) is 13.0 Å². The number of pyridine rings is 1. The van der Waals surface area contributed by atoms with Crippen molar-refractivity contribution in [1.82, 2.24) is 24.8 Å². The molecule has 1 aliphatic rings. The van der Waals surface area contributed by atoms with Gasteiger partial charge in [0.05, 0.1) is 23.3 Å². The molecular formula is C23H26N8. The molecule has 0 radical (unpaired) electrons. The van der Waals surface area contributed by atoms with Crippen molar-refractivity contribution in [1.29, 1.82) is 0 Å². The quantitative estimate of drug-likeness (QED) is 0.548. The van der Waals surface area contributed by atoms with E-state index in [2.05, 4.69) is 57.4 Å². The summed E-state index contributed by atoms with van der Waals surface area (Å²) in [4.78, 5) is 9.18. The van der Waals surface area contributed by atoms with Gasteiger partial charge in [-0.3, -0.25) is 4.98 Å². The van der Waals surface area contributed by atoms with Gasteiger partial charge in [-0.15, -0.1) is 15.3 Å². The maximum Gasteiger partial charge on any atom is 0.180 e. The minimum atomic E-state index is 0.772. The number of fused-ring (bicyclic) bond motifs is 2. The van der Waals surface area contributed by atoms with Crippen LogP contribution in [0.1, 0.15) is 22.4 Å². The molecule has 1 N–H and O–H groups in total. The summed E-state index contributed by atoms with van der Waals surface area (Å²) in [6, 6.07) is 10.5. The number of anilines is 4. The van der Waals surface area contributed by atoms with E-state index in [9.17, 15) is 0 Å². The van der Waals surface area contributed by atoms with Gasteiger partial charge < -0.3 is 15.1 Å². The van der Waals surface area contributed by atoms with E-state index < -0.39 is 0 Å². The molecule has 0 unspecified atom stereocenters. The van der Waals surface area contributed by atoms with Crippen molar-refractivity contribution in [2.45, 2.75) is 26.8 Å². The fourth-order valence-corrected chi connectivity index (χ4v) is 4.16. The van der Waals surface area contributed by atoms with Crippen LogP contribution >= 0.6 is 0 Å². The monoisotopic (exact) mass is 414 g/mol. The van der Waals surface area contributed by atoms with Gasteiger partial charge in [0.25, 0.3) is 0 Å². The minimum absolute atomic E-state index is 0.772. The van der Waals surface area contributed by atoms with Gasteiger partial charge in [-0.05, 0) is 37.6 Å². The number of benzene rings is 1. The van der Waals surface area contributed by atoms with Gasteiger partial charge >= 0.3 is 0 Å². The zero-order valence-corrected chi connectivity index (χ0v) is 18.3. The molecule has 4 heterocycles. The fraction of sp³-hybridized carbons (Fsp3) is 0.304. The highest BCUT2D eigenvalue weighted by molar-refractivity contribution is 5.75. The van der Waals surface area contributed by atoms with Crippen LogP contribution in [0.25, 0.3) is 5.65 Å². The van der Waals surface area contributed by atoms with Crippen LogP contribution in [0.15, 0.2) is 42.9 Å². The number of hydrogen-bond donors (Lipinski definition) is 1. The third-order valence-corrected chi connectivity index (χ3v) is 5.97. The molecule has 4 aromatic rings. The largest absolute Gasteiger partial charge is 0.376 e. The summed E-state index contributed by atoms with van der Waals surface area (Å²) in [7, 11) is 4.10. The van der Waals surface area contributed by atoms with Gasteiger partial charge in [-0.1, -0.05) is 12.1 Å². The molecule has 0 saturated carbocycles. The zero-order valence-electron chi connectivity index (χ0n) is 18.3. The summed E-state index contributed by atoms with van der Waals surface area (Å²) in [6.07, 6.45) is 4.48. The third kappa shape index (κ3) is 3.43. The molecule has 3 aromatic heterocycles. The second-order valence-electron chi connectivity index (χ2n) is 8.21. The van der Waals surface area contributed by atoms with Crippen LogP contribution in [0.4, 0.5) is 22.9 Å². The lowest BCUT2D eigenvalue weighted by Crippen LogP contribution is -2.32. The highest BCUT2D eigenvalue weighted by Gasteiger charge is 2.22. The predicted octanol–water partition coefficient (Wildman–Crippen LogP) is 3.51. The van der Waals surface area contributed by atoms with E-state index in [4.69, 9.17) is 10.1 Å². The molecule has 5 rings (SSSR count). The van der Waals surface area contributed by atoms with Crippen LogP contribution in [0, 0.1) is 13.8 Å². The van der Waals surface area contributed by atoms with Gasteiger partial charge in [0, 0.05) is 50.4 Å². The second-order valence-corrected chi connectivity index (χ2v) is 8.21. The highest BCUT2D eigenvalue weighted by atomic mass is 15.4. The van der Waals surface area contributed by atoms with Crippen molar-refractivity contribution in [3.8, 4) is 0 Å². The van der Waals surface area contributed by atoms with Gasteiger partial charge in [0.15, 0.2) is 11.5 Å². The molecule has 0 amide bonds. The summed E-state index contributed by atoms with van der Waals surface area (Å²) < 4.78 is 1.77. The SMILES string of the molecule is Cc1c(N2CCc3ncc(Nc4ccccc4N(C)C)cc3C2)nn2cnnc2c1C. The van der Waals surface area contributed by atoms with Crippen LogP contribution in [0.2, 0.25) is 0 Å². The minimum Gasteiger partial charge on any atom is -0.376 e. The van der Waals surface area contributed by atoms with E-state index in [1.165, 1.54) is 5.56 Å². The number of aryl methyl sites for hydroxylation is 1. The van der Waals surface area contributed by atoms with Gasteiger partial charge in [-0.2, -0.15) is 4.52 Å². The summed E-state index contributed by atoms with van der Waals surface area (Å²) in [6.45, 7) is 5.84. The Morgan fingerprint density at radius 1 is 1.10 bits per heavy atom.